The van der Waals surface area contributed by atoms with Crippen LogP contribution in [0.3, 0.4) is 0 Å². The first-order valence-electron chi connectivity index (χ1n) is 8.51. The number of benzene rings is 1. The van der Waals surface area contributed by atoms with E-state index in [4.69, 9.17) is 4.74 Å². The van der Waals surface area contributed by atoms with Gasteiger partial charge >= 0.3 is 12.2 Å². The number of nitrogens with zero attached hydrogens (tertiary/aromatic N) is 1. The van der Waals surface area contributed by atoms with Crippen molar-refractivity contribution in [3.63, 3.8) is 0 Å². The van der Waals surface area contributed by atoms with E-state index in [-0.39, 0.29) is 12.5 Å². The second kappa shape index (κ2) is 9.40. The van der Waals surface area contributed by atoms with Gasteiger partial charge in [0.1, 0.15) is 12.3 Å². The van der Waals surface area contributed by atoms with Gasteiger partial charge in [-0.05, 0) is 43.7 Å². The van der Waals surface area contributed by atoms with E-state index in [1.807, 2.05) is 5.32 Å². The summed E-state index contributed by atoms with van der Waals surface area (Å²) in [5, 5.41) is 6.12. The maximum atomic E-state index is 12.5. The van der Waals surface area contributed by atoms with Gasteiger partial charge in [-0.15, -0.1) is 0 Å². The van der Waals surface area contributed by atoms with Crippen molar-refractivity contribution in [2.45, 2.75) is 25.1 Å². The number of halogens is 3. The van der Waals surface area contributed by atoms with Crippen molar-refractivity contribution < 1.29 is 32.3 Å². The van der Waals surface area contributed by atoms with Crippen LogP contribution in [0.5, 0.6) is 5.75 Å². The lowest BCUT2D eigenvalue weighted by atomic mass is 10.2. The third-order valence-corrected chi connectivity index (χ3v) is 4.07. The standard InChI is InChI=1S/C17H21F3N4O4/c1-28-12-6-4-11(5-7-12)22-15(26)13-3-2-8-24(13)9-14(25)23-16(27)21-10-17(18,19)20/h4-7,13H,2-3,8-10H2,1H3,(H,22,26)(H2,21,23,25,27). The second-order valence-corrected chi connectivity index (χ2v) is 6.19. The van der Waals surface area contributed by atoms with Crippen LogP contribution in [0, 0.1) is 0 Å². The number of rotatable bonds is 6. The quantitative estimate of drug-likeness (QED) is 0.670. The highest BCUT2D eigenvalue weighted by atomic mass is 19.4. The molecule has 0 aromatic heterocycles. The van der Waals surface area contributed by atoms with Gasteiger partial charge in [0.25, 0.3) is 0 Å². The molecule has 1 aliphatic heterocycles. The summed E-state index contributed by atoms with van der Waals surface area (Å²) in [4.78, 5) is 37.3. The number of amides is 4. The Morgan fingerprint density at radius 1 is 1.21 bits per heavy atom. The van der Waals surface area contributed by atoms with Crippen LogP contribution in [-0.2, 0) is 9.59 Å². The Balaban J connectivity index is 1.84. The lowest BCUT2D eigenvalue weighted by molar-refractivity contribution is -0.126. The average Bonchev–Trinajstić information content (AvgIpc) is 3.08. The number of anilines is 1. The van der Waals surface area contributed by atoms with Crippen molar-refractivity contribution in [2.24, 2.45) is 0 Å². The van der Waals surface area contributed by atoms with Crippen molar-refractivity contribution in [2.75, 3.05) is 32.1 Å². The van der Waals surface area contributed by atoms with E-state index >= 15 is 0 Å². The molecule has 1 unspecified atom stereocenters. The molecule has 28 heavy (non-hydrogen) atoms. The Bertz CT molecular complexity index is 709. The molecule has 3 N–H and O–H groups in total. The van der Waals surface area contributed by atoms with Crippen LogP contribution in [0.2, 0.25) is 0 Å². The predicted molar refractivity (Wildman–Crippen MR) is 93.8 cm³/mol. The number of nitrogens with one attached hydrogen (secondary N) is 3. The molecule has 1 fully saturated rings. The van der Waals surface area contributed by atoms with Crippen LogP contribution in [0.4, 0.5) is 23.7 Å². The zero-order chi connectivity index (χ0) is 20.7. The fourth-order valence-corrected chi connectivity index (χ4v) is 2.79. The molecule has 8 nitrogen and oxygen atoms in total. The molecule has 0 saturated carbocycles. The smallest absolute Gasteiger partial charge is 0.405 e. The molecule has 0 bridgehead atoms. The fraction of sp³-hybridized carbons (Fsp3) is 0.471. The number of hydrogen-bond acceptors (Lipinski definition) is 5. The minimum atomic E-state index is -4.57. The number of methoxy groups -OCH3 is 1. The van der Waals surface area contributed by atoms with Crippen LogP contribution in [0.15, 0.2) is 24.3 Å². The highest BCUT2D eigenvalue weighted by Gasteiger charge is 2.32. The molecule has 4 amide bonds. The Labute approximate surface area is 159 Å². The molecule has 2 rings (SSSR count). The number of likely N-dealkylation sites (tertiary alicyclic amines) is 1. The van der Waals surface area contributed by atoms with Crippen molar-refractivity contribution in [3.05, 3.63) is 24.3 Å². The Hall–Kier alpha value is -2.82. The first-order valence-corrected chi connectivity index (χ1v) is 8.51. The number of urea groups is 1. The van der Waals surface area contributed by atoms with Crippen LogP contribution in [-0.4, -0.2) is 61.7 Å². The van der Waals surface area contributed by atoms with Gasteiger partial charge in [0.2, 0.25) is 11.8 Å². The highest BCUT2D eigenvalue weighted by molar-refractivity contribution is 5.97. The van der Waals surface area contributed by atoms with Crippen LogP contribution >= 0.6 is 0 Å². The van der Waals surface area contributed by atoms with Gasteiger partial charge in [-0.2, -0.15) is 13.2 Å². The summed E-state index contributed by atoms with van der Waals surface area (Å²) in [6, 6.07) is 4.91. The van der Waals surface area contributed by atoms with E-state index in [9.17, 15) is 27.6 Å². The molecule has 1 aromatic rings. The lowest BCUT2D eigenvalue weighted by Crippen LogP contribution is -2.49. The summed E-state index contributed by atoms with van der Waals surface area (Å²) in [6.45, 7) is -1.36. The van der Waals surface area contributed by atoms with Gasteiger partial charge in [-0.3, -0.25) is 19.8 Å². The van der Waals surface area contributed by atoms with Gasteiger partial charge in [-0.1, -0.05) is 0 Å². The number of carbonyl (C=O) groups is 3. The van der Waals surface area contributed by atoms with Crippen LogP contribution in [0.25, 0.3) is 0 Å². The molecule has 0 aliphatic carbocycles. The molecular weight excluding hydrogens is 381 g/mol. The van der Waals surface area contributed by atoms with Gasteiger partial charge < -0.3 is 15.4 Å². The summed E-state index contributed by atoms with van der Waals surface area (Å²) in [5.74, 6) is -0.457. The number of carbonyl (C=O) groups excluding carboxylic acids is 3. The van der Waals surface area contributed by atoms with E-state index in [1.165, 1.54) is 7.11 Å². The minimum Gasteiger partial charge on any atom is -0.497 e. The van der Waals surface area contributed by atoms with Gasteiger partial charge in [0.05, 0.1) is 19.7 Å². The monoisotopic (exact) mass is 402 g/mol. The van der Waals surface area contributed by atoms with E-state index in [0.29, 0.717) is 30.8 Å². The Kier molecular flexibility index (Phi) is 7.21. The van der Waals surface area contributed by atoms with E-state index in [2.05, 4.69) is 5.32 Å². The van der Waals surface area contributed by atoms with Crippen molar-refractivity contribution in [1.29, 1.82) is 0 Å². The molecule has 11 heteroatoms. The maximum Gasteiger partial charge on any atom is 0.405 e. The SMILES string of the molecule is COc1ccc(NC(=O)C2CCCN2CC(=O)NC(=O)NCC(F)(F)F)cc1. The number of imide groups is 1. The molecule has 0 radical (unpaired) electrons. The molecule has 0 spiro atoms. The third kappa shape index (κ3) is 6.72. The average molecular weight is 402 g/mol. The van der Waals surface area contributed by atoms with E-state index in [1.54, 1.807) is 34.5 Å². The van der Waals surface area contributed by atoms with Crippen molar-refractivity contribution in [1.82, 2.24) is 15.5 Å². The largest absolute Gasteiger partial charge is 0.497 e. The van der Waals surface area contributed by atoms with E-state index in [0.717, 1.165) is 0 Å². The predicted octanol–water partition coefficient (Wildman–Crippen LogP) is 1.49. The van der Waals surface area contributed by atoms with Gasteiger partial charge in [-0.25, -0.2) is 4.79 Å². The molecule has 1 aromatic carbocycles. The minimum absolute atomic E-state index is 0.278. The van der Waals surface area contributed by atoms with E-state index < -0.39 is 30.7 Å². The van der Waals surface area contributed by atoms with Gasteiger partial charge in [0.15, 0.2) is 0 Å². The van der Waals surface area contributed by atoms with Gasteiger partial charge in [0, 0.05) is 5.69 Å². The molecule has 1 atom stereocenters. The van der Waals surface area contributed by atoms with Crippen LogP contribution in [0.1, 0.15) is 12.8 Å². The fourth-order valence-electron chi connectivity index (χ4n) is 2.79. The molecule has 154 valence electrons. The van der Waals surface area contributed by atoms with Crippen molar-refractivity contribution >= 4 is 23.5 Å². The Morgan fingerprint density at radius 2 is 1.89 bits per heavy atom. The molecular formula is C17H21F3N4O4. The molecule has 1 heterocycles. The van der Waals surface area contributed by atoms with Crippen molar-refractivity contribution in [3.8, 4) is 5.75 Å². The second-order valence-electron chi connectivity index (χ2n) is 6.19. The zero-order valence-electron chi connectivity index (χ0n) is 15.1. The summed E-state index contributed by atoms with van der Waals surface area (Å²) in [6.07, 6.45) is -3.37. The normalized spacial score (nSPS) is 17.1. The number of alkyl halides is 3. The Morgan fingerprint density at radius 3 is 2.50 bits per heavy atom. The summed E-state index contributed by atoms with van der Waals surface area (Å²) < 4.78 is 41.2. The summed E-state index contributed by atoms with van der Waals surface area (Å²) in [5.41, 5.74) is 0.564. The number of ether oxygens (including phenoxy) is 1. The van der Waals surface area contributed by atoms with Crippen LogP contribution < -0.4 is 20.7 Å². The molecule has 1 aliphatic rings. The first-order chi connectivity index (χ1) is 13.2. The highest BCUT2D eigenvalue weighted by Crippen LogP contribution is 2.20. The maximum absolute atomic E-state index is 12.5. The summed E-state index contributed by atoms with van der Waals surface area (Å²) >= 11 is 0. The lowest BCUT2D eigenvalue weighted by Gasteiger charge is -2.23. The topological polar surface area (TPSA) is 99.8 Å². The zero-order valence-corrected chi connectivity index (χ0v) is 15.1. The molecule has 1 saturated heterocycles. The third-order valence-electron chi connectivity index (χ3n) is 4.07. The first kappa shape index (κ1) is 21.5. The number of hydrogen-bond donors (Lipinski definition) is 3. The summed E-state index contributed by atoms with van der Waals surface area (Å²) in [7, 11) is 1.53.